The molecule has 0 aromatic heterocycles. The highest BCUT2D eigenvalue weighted by Gasteiger charge is 2.43. The molecule has 1 fully saturated rings. The number of rotatable bonds is 6. The van der Waals surface area contributed by atoms with Crippen LogP contribution < -0.4 is 5.73 Å². The van der Waals surface area contributed by atoms with Crippen LogP contribution >= 0.6 is 0 Å². The largest absolute Gasteiger partial charge is 0.366 e. The second-order valence-electron chi connectivity index (χ2n) is 5.65. The molecule has 4 heteroatoms. The molecule has 0 spiro atoms. The molecule has 1 aliphatic carbocycles. The van der Waals surface area contributed by atoms with Gasteiger partial charge in [-0.3, -0.25) is 9.59 Å². The minimum atomic E-state index is -0.439. The third-order valence-corrected chi connectivity index (χ3v) is 3.91. The first-order valence-corrected chi connectivity index (χ1v) is 7.16. The van der Waals surface area contributed by atoms with Crippen molar-refractivity contribution < 1.29 is 9.59 Å². The van der Waals surface area contributed by atoms with Crippen molar-refractivity contribution in [1.29, 1.82) is 0 Å². The van der Waals surface area contributed by atoms with Crippen molar-refractivity contribution in [2.75, 3.05) is 7.05 Å². The molecule has 20 heavy (non-hydrogen) atoms. The molecule has 2 N–H and O–H groups in total. The van der Waals surface area contributed by atoms with Crippen LogP contribution in [-0.4, -0.2) is 23.8 Å². The van der Waals surface area contributed by atoms with Crippen molar-refractivity contribution in [3.63, 3.8) is 0 Å². The van der Waals surface area contributed by atoms with E-state index in [-0.39, 0.29) is 11.8 Å². The maximum atomic E-state index is 12.2. The van der Waals surface area contributed by atoms with E-state index in [2.05, 4.69) is 6.92 Å². The summed E-state index contributed by atoms with van der Waals surface area (Å²) in [6.07, 6.45) is 3.30. The second kappa shape index (κ2) is 6.07. The van der Waals surface area contributed by atoms with Gasteiger partial charge < -0.3 is 10.6 Å². The summed E-state index contributed by atoms with van der Waals surface area (Å²) in [6.45, 7) is 2.67. The van der Waals surface area contributed by atoms with Crippen molar-refractivity contribution >= 4 is 11.8 Å². The lowest BCUT2D eigenvalue weighted by Crippen LogP contribution is -2.28. The minimum Gasteiger partial charge on any atom is -0.366 e. The van der Waals surface area contributed by atoms with Crippen LogP contribution in [0.3, 0.4) is 0 Å². The molecule has 2 amide bonds. The Balaban J connectivity index is 1.94. The molecule has 2 atom stereocenters. The lowest BCUT2D eigenvalue weighted by atomic mass is 10.1. The van der Waals surface area contributed by atoms with E-state index in [1.54, 1.807) is 23.1 Å². The first kappa shape index (κ1) is 14.6. The van der Waals surface area contributed by atoms with Crippen LogP contribution in [0.4, 0.5) is 0 Å². The molecule has 1 aromatic carbocycles. The average molecular weight is 274 g/mol. The molecule has 1 aliphatic rings. The summed E-state index contributed by atoms with van der Waals surface area (Å²) < 4.78 is 0. The quantitative estimate of drug-likeness (QED) is 0.864. The molecule has 1 aromatic rings. The van der Waals surface area contributed by atoms with Gasteiger partial charge in [-0.25, -0.2) is 0 Å². The number of hydrogen-bond acceptors (Lipinski definition) is 2. The number of carbonyl (C=O) groups is 2. The Labute approximate surface area is 119 Å². The molecule has 108 valence electrons. The highest BCUT2D eigenvalue weighted by atomic mass is 16.2. The van der Waals surface area contributed by atoms with Gasteiger partial charge in [0.1, 0.15) is 0 Å². The maximum Gasteiger partial charge on any atom is 0.248 e. The summed E-state index contributed by atoms with van der Waals surface area (Å²) >= 11 is 0. The van der Waals surface area contributed by atoms with E-state index in [0.717, 1.165) is 24.8 Å². The van der Waals surface area contributed by atoms with Gasteiger partial charge >= 0.3 is 0 Å². The van der Waals surface area contributed by atoms with E-state index in [0.29, 0.717) is 18.0 Å². The van der Waals surface area contributed by atoms with Crippen LogP contribution in [0, 0.1) is 11.8 Å². The van der Waals surface area contributed by atoms with Gasteiger partial charge in [0.2, 0.25) is 11.8 Å². The minimum absolute atomic E-state index is 0.208. The summed E-state index contributed by atoms with van der Waals surface area (Å²) in [7, 11) is 1.82. The Morgan fingerprint density at radius 1 is 1.40 bits per heavy atom. The standard InChI is InChI=1S/C16H22N2O2/c1-3-5-12-9-14(12)16(20)18(2)10-11-6-4-7-13(8-11)15(17)19/h4,6-8,12,14H,3,5,9-10H2,1-2H3,(H2,17,19)/t12-,14-/m0/s1. The Hall–Kier alpha value is -1.84. The van der Waals surface area contributed by atoms with Crippen LogP contribution in [0.25, 0.3) is 0 Å². The first-order chi connectivity index (χ1) is 9.52. The van der Waals surface area contributed by atoms with Crippen molar-refractivity contribution in [3.8, 4) is 0 Å². The molecule has 0 radical (unpaired) electrons. The van der Waals surface area contributed by atoms with Crippen molar-refractivity contribution in [3.05, 3.63) is 35.4 Å². The van der Waals surface area contributed by atoms with Gasteiger partial charge in [-0.1, -0.05) is 25.5 Å². The lowest BCUT2D eigenvalue weighted by Gasteiger charge is -2.17. The van der Waals surface area contributed by atoms with E-state index in [1.807, 2.05) is 13.1 Å². The van der Waals surface area contributed by atoms with Crippen molar-refractivity contribution in [2.45, 2.75) is 32.7 Å². The fourth-order valence-electron chi connectivity index (χ4n) is 2.70. The average Bonchev–Trinajstić information content (AvgIpc) is 3.18. The van der Waals surface area contributed by atoms with Gasteiger partial charge in [0.25, 0.3) is 0 Å². The topological polar surface area (TPSA) is 63.4 Å². The van der Waals surface area contributed by atoms with E-state index < -0.39 is 5.91 Å². The number of hydrogen-bond donors (Lipinski definition) is 1. The smallest absolute Gasteiger partial charge is 0.248 e. The second-order valence-corrected chi connectivity index (χ2v) is 5.65. The predicted molar refractivity (Wildman–Crippen MR) is 77.9 cm³/mol. The van der Waals surface area contributed by atoms with Crippen LogP contribution in [0.15, 0.2) is 24.3 Å². The maximum absolute atomic E-state index is 12.2. The summed E-state index contributed by atoms with van der Waals surface area (Å²) in [5.41, 5.74) is 6.68. The van der Waals surface area contributed by atoms with Crippen molar-refractivity contribution in [2.24, 2.45) is 17.6 Å². The zero-order chi connectivity index (χ0) is 14.7. The Morgan fingerprint density at radius 2 is 2.15 bits per heavy atom. The molecule has 1 saturated carbocycles. The molecule has 0 bridgehead atoms. The SMILES string of the molecule is CCC[C@H]1C[C@@H]1C(=O)N(C)Cc1cccc(C(N)=O)c1. The highest BCUT2D eigenvalue weighted by Crippen LogP contribution is 2.43. The Morgan fingerprint density at radius 3 is 2.80 bits per heavy atom. The molecule has 4 nitrogen and oxygen atoms in total. The van der Waals surface area contributed by atoms with Crippen LogP contribution in [-0.2, 0) is 11.3 Å². The third-order valence-electron chi connectivity index (χ3n) is 3.91. The van der Waals surface area contributed by atoms with Crippen LogP contribution in [0.2, 0.25) is 0 Å². The van der Waals surface area contributed by atoms with Gasteiger partial charge in [-0.2, -0.15) is 0 Å². The molecule has 0 unspecified atom stereocenters. The van der Waals surface area contributed by atoms with E-state index in [1.165, 1.54) is 0 Å². The van der Waals surface area contributed by atoms with Gasteiger partial charge in [-0.05, 0) is 36.5 Å². The number of nitrogens with zero attached hydrogens (tertiary/aromatic N) is 1. The molecule has 0 aliphatic heterocycles. The highest BCUT2D eigenvalue weighted by molar-refractivity contribution is 5.92. The van der Waals surface area contributed by atoms with E-state index in [9.17, 15) is 9.59 Å². The fraction of sp³-hybridized carbons (Fsp3) is 0.500. The van der Waals surface area contributed by atoms with Crippen molar-refractivity contribution in [1.82, 2.24) is 4.90 Å². The van der Waals surface area contributed by atoms with E-state index in [4.69, 9.17) is 5.73 Å². The molecular formula is C16H22N2O2. The lowest BCUT2D eigenvalue weighted by molar-refractivity contribution is -0.132. The third kappa shape index (κ3) is 3.38. The Kier molecular flexibility index (Phi) is 4.42. The van der Waals surface area contributed by atoms with Gasteiger partial charge in [0, 0.05) is 25.1 Å². The zero-order valence-electron chi connectivity index (χ0n) is 12.1. The normalized spacial score (nSPS) is 20.5. The fourth-order valence-corrected chi connectivity index (χ4v) is 2.70. The molecule has 2 rings (SSSR count). The number of nitrogens with two attached hydrogens (primary N) is 1. The van der Waals surface area contributed by atoms with Gasteiger partial charge in [0.15, 0.2) is 0 Å². The Bertz CT molecular complexity index is 513. The van der Waals surface area contributed by atoms with Crippen LogP contribution in [0.1, 0.15) is 42.1 Å². The van der Waals surface area contributed by atoms with Gasteiger partial charge in [-0.15, -0.1) is 0 Å². The first-order valence-electron chi connectivity index (χ1n) is 7.16. The molecular weight excluding hydrogens is 252 g/mol. The summed E-state index contributed by atoms with van der Waals surface area (Å²) in [5, 5.41) is 0. The summed E-state index contributed by atoms with van der Waals surface area (Å²) in [4.78, 5) is 25.1. The van der Waals surface area contributed by atoms with Gasteiger partial charge in [0.05, 0.1) is 0 Å². The van der Waals surface area contributed by atoms with E-state index >= 15 is 0 Å². The number of benzene rings is 1. The monoisotopic (exact) mass is 274 g/mol. The van der Waals surface area contributed by atoms with Crippen LogP contribution in [0.5, 0.6) is 0 Å². The number of primary amides is 1. The summed E-state index contributed by atoms with van der Waals surface area (Å²) in [6, 6.07) is 7.14. The molecule has 0 saturated heterocycles. The zero-order valence-corrected chi connectivity index (χ0v) is 12.1. The number of amides is 2. The molecule has 0 heterocycles. The predicted octanol–water partition coefficient (Wildman–Crippen LogP) is 2.18. The summed E-state index contributed by atoms with van der Waals surface area (Å²) in [5.74, 6) is 0.560. The number of carbonyl (C=O) groups excluding carboxylic acids is 2.